The zero-order valence-electron chi connectivity index (χ0n) is 13.1. The van der Waals surface area contributed by atoms with Gasteiger partial charge in [-0.25, -0.2) is 4.79 Å². The molecule has 1 aromatic heterocycles. The minimum atomic E-state index is -1.28. The number of aromatic nitrogens is 3. The molecule has 0 amide bonds. The van der Waals surface area contributed by atoms with Crippen LogP contribution in [0.3, 0.4) is 0 Å². The standard InChI is InChI=1S/C17H17N3O3/c1-11-4-9-14-15(10-11)19-20(18-14)12-5-7-13(8-6-12)23-17(2,3)16(21)22/h4-10H,1-3H3,(H,21,22). The molecule has 0 fully saturated rings. The molecule has 3 rings (SSSR count). The Morgan fingerprint density at radius 3 is 2.39 bits per heavy atom. The van der Waals surface area contributed by atoms with Gasteiger partial charge in [0.15, 0.2) is 5.60 Å². The van der Waals surface area contributed by atoms with Crippen LogP contribution in [0.1, 0.15) is 19.4 Å². The van der Waals surface area contributed by atoms with Gasteiger partial charge in [-0.1, -0.05) is 6.07 Å². The number of aliphatic carboxylic acids is 1. The van der Waals surface area contributed by atoms with E-state index in [9.17, 15) is 4.79 Å². The maximum Gasteiger partial charge on any atom is 0.347 e. The maximum absolute atomic E-state index is 11.1. The number of carboxylic acids is 1. The predicted octanol–water partition coefficient (Wildman–Crippen LogP) is 2.97. The number of hydrogen-bond acceptors (Lipinski definition) is 4. The molecule has 2 aromatic carbocycles. The molecule has 0 radical (unpaired) electrons. The molecule has 0 unspecified atom stereocenters. The van der Waals surface area contributed by atoms with E-state index in [1.54, 1.807) is 29.1 Å². The summed E-state index contributed by atoms with van der Waals surface area (Å²) in [5.74, 6) is -0.536. The van der Waals surface area contributed by atoms with Gasteiger partial charge in [-0.05, 0) is 62.7 Å². The van der Waals surface area contributed by atoms with Gasteiger partial charge in [0.2, 0.25) is 0 Å². The number of carboxylic acid groups (broad SMARTS) is 1. The van der Waals surface area contributed by atoms with E-state index in [-0.39, 0.29) is 0 Å². The third kappa shape index (κ3) is 3.01. The molecule has 3 aromatic rings. The fourth-order valence-corrected chi connectivity index (χ4v) is 2.13. The van der Waals surface area contributed by atoms with Gasteiger partial charge in [-0.15, -0.1) is 10.2 Å². The Morgan fingerprint density at radius 1 is 1.09 bits per heavy atom. The zero-order valence-corrected chi connectivity index (χ0v) is 13.1. The number of fused-ring (bicyclic) bond motifs is 1. The monoisotopic (exact) mass is 311 g/mol. The van der Waals surface area contributed by atoms with Gasteiger partial charge in [0.1, 0.15) is 16.8 Å². The summed E-state index contributed by atoms with van der Waals surface area (Å²) < 4.78 is 5.48. The van der Waals surface area contributed by atoms with E-state index in [0.717, 1.165) is 22.3 Å². The van der Waals surface area contributed by atoms with Crippen LogP contribution < -0.4 is 4.74 Å². The first-order valence-corrected chi connectivity index (χ1v) is 7.22. The fraction of sp³-hybridized carbons (Fsp3) is 0.235. The van der Waals surface area contributed by atoms with E-state index in [0.29, 0.717) is 5.75 Å². The topological polar surface area (TPSA) is 77.2 Å². The van der Waals surface area contributed by atoms with Crippen molar-refractivity contribution in [2.24, 2.45) is 0 Å². The lowest BCUT2D eigenvalue weighted by molar-refractivity contribution is -0.152. The molecule has 0 spiro atoms. The molecule has 0 saturated heterocycles. The van der Waals surface area contributed by atoms with Crippen molar-refractivity contribution in [2.45, 2.75) is 26.4 Å². The van der Waals surface area contributed by atoms with Gasteiger partial charge in [0.25, 0.3) is 0 Å². The van der Waals surface area contributed by atoms with E-state index < -0.39 is 11.6 Å². The van der Waals surface area contributed by atoms with Gasteiger partial charge in [0.05, 0.1) is 5.69 Å². The van der Waals surface area contributed by atoms with Crippen LogP contribution in [0.2, 0.25) is 0 Å². The van der Waals surface area contributed by atoms with Crippen molar-refractivity contribution >= 4 is 17.0 Å². The Kier molecular flexibility index (Phi) is 3.52. The minimum Gasteiger partial charge on any atom is -0.478 e. The number of hydrogen-bond donors (Lipinski definition) is 1. The largest absolute Gasteiger partial charge is 0.478 e. The predicted molar refractivity (Wildman–Crippen MR) is 85.9 cm³/mol. The molecule has 1 heterocycles. The lowest BCUT2D eigenvalue weighted by atomic mass is 10.1. The smallest absolute Gasteiger partial charge is 0.347 e. The van der Waals surface area contributed by atoms with Crippen LogP contribution in [0.4, 0.5) is 0 Å². The lowest BCUT2D eigenvalue weighted by Crippen LogP contribution is -2.37. The third-order valence-corrected chi connectivity index (χ3v) is 3.49. The normalized spacial score (nSPS) is 11.6. The number of nitrogens with zero attached hydrogens (tertiary/aromatic N) is 3. The summed E-state index contributed by atoms with van der Waals surface area (Å²) in [5.41, 5.74) is 2.28. The van der Waals surface area contributed by atoms with Crippen LogP contribution in [-0.2, 0) is 4.79 Å². The first-order valence-electron chi connectivity index (χ1n) is 7.22. The maximum atomic E-state index is 11.1. The molecule has 0 bridgehead atoms. The Labute approximate surface area is 133 Å². The van der Waals surface area contributed by atoms with Gasteiger partial charge in [-0.3, -0.25) is 0 Å². The van der Waals surface area contributed by atoms with E-state index >= 15 is 0 Å². The number of ether oxygens (including phenoxy) is 1. The van der Waals surface area contributed by atoms with Crippen LogP contribution >= 0.6 is 0 Å². The number of benzene rings is 2. The van der Waals surface area contributed by atoms with Gasteiger partial charge >= 0.3 is 5.97 Å². The molecule has 6 nitrogen and oxygen atoms in total. The second kappa shape index (κ2) is 5.39. The van der Waals surface area contributed by atoms with Crippen molar-refractivity contribution in [2.75, 3.05) is 0 Å². The molecule has 0 aliphatic rings. The van der Waals surface area contributed by atoms with Gasteiger partial charge in [-0.2, -0.15) is 4.80 Å². The number of aryl methyl sites for hydroxylation is 1. The van der Waals surface area contributed by atoms with Gasteiger partial charge in [0, 0.05) is 0 Å². The average Bonchev–Trinajstić information content (AvgIpc) is 2.90. The molecule has 23 heavy (non-hydrogen) atoms. The van der Waals surface area contributed by atoms with Crippen LogP contribution in [-0.4, -0.2) is 31.7 Å². The molecule has 6 heteroatoms. The molecule has 0 aliphatic carbocycles. The van der Waals surface area contributed by atoms with Crippen LogP contribution in [0.15, 0.2) is 42.5 Å². The SMILES string of the molecule is Cc1ccc2nn(-c3ccc(OC(C)(C)C(=O)O)cc3)nc2c1. The molecule has 0 aliphatic heterocycles. The molecular formula is C17H17N3O3. The molecule has 1 N–H and O–H groups in total. The number of rotatable bonds is 4. The molecule has 118 valence electrons. The lowest BCUT2D eigenvalue weighted by Gasteiger charge is -2.21. The second-order valence-electron chi connectivity index (χ2n) is 5.89. The Bertz CT molecular complexity index is 866. The molecule has 0 atom stereocenters. The Hall–Kier alpha value is -2.89. The van der Waals surface area contributed by atoms with Crippen LogP contribution in [0, 0.1) is 6.92 Å². The highest BCUT2D eigenvalue weighted by Crippen LogP contribution is 2.21. The summed E-state index contributed by atoms with van der Waals surface area (Å²) in [7, 11) is 0. The fourth-order valence-electron chi connectivity index (χ4n) is 2.13. The van der Waals surface area contributed by atoms with E-state index in [2.05, 4.69) is 10.2 Å². The highest BCUT2D eigenvalue weighted by atomic mass is 16.5. The van der Waals surface area contributed by atoms with E-state index in [4.69, 9.17) is 9.84 Å². The minimum absolute atomic E-state index is 0.480. The summed E-state index contributed by atoms with van der Waals surface area (Å²) >= 11 is 0. The molecular weight excluding hydrogens is 294 g/mol. The van der Waals surface area contributed by atoms with Crippen molar-refractivity contribution in [1.29, 1.82) is 0 Å². The van der Waals surface area contributed by atoms with Crippen molar-refractivity contribution < 1.29 is 14.6 Å². The number of carbonyl (C=O) groups is 1. The zero-order chi connectivity index (χ0) is 16.6. The summed E-state index contributed by atoms with van der Waals surface area (Å²) in [6.07, 6.45) is 0. The van der Waals surface area contributed by atoms with Crippen molar-refractivity contribution in [3.63, 3.8) is 0 Å². The van der Waals surface area contributed by atoms with E-state index in [1.165, 1.54) is 13.8 Å². The highest BCUT2D eigenvalue weighted by molar-refractivity contribution is 5.77. The Morgan fingerprint density at radius 2 is 1.74 bits per heavy atom. The summed E-state index contributed by atoms with van der Waals surface area (Å²) in [4.78, 5) is 12.6. The Balaban J connectivity index is 1.87. The average molecular weight is 311 g/mol. The van der Waals surface area contributed by atoms with Crippen molar-refractivity contribution in [1.82, 2.24) is 15.0 Å². The summed E-state index contributed by atoms with van der Waals surface area (Å²) in [6, 6.07) is 12.9. The van der Waals surface area contributed by atoms with Crippen molar-refractivity contribution in [3.8, 4) is 11.4 Å². The summed E-state index contributed by atoms with van der Waals surface area (Å²) in [6.45, 7) is 5.02. The van der Waals surface area contributed by atoms with E-state index in [1.807, 2.05) is 25.1 Å². The van der Waals surface area contributed by atoms with Crippen molar-refractivity contribution in [3.05, 3.63) is 48.0 Å². The second-order valence-corrected chi connectivity index (χ2v) is 5.89. The van der Waals surface area contributed by atoms with Crippen LogP contribution in [0.25, 0.3) is 16.7 Å². The first kappa shape index (κ1) is 15.0. The highest BCUT2D eigenvalue weighted by Gasteiger charge is 2.29. The quantitative estimate of drug-likeness (QED) is 0.801. The first-order chi connectivity index (χ1) is 10.8. The van der Waals surface area contributed by atoms with Gasteiger partial charge < -0.3 is 9.84 Å². The third-order valence-electron chi connectivity index (χ3n) is 3.49. The van der Waals surface area contributed by atoms with Crippen LogP contribution in [0.5, 0.6) is 5.75 Å². The molecule has 0 saturated carbocycles. The summed E-state index contributed by atoms with van der Waals surface area (Å²) in [5, 5.41) is 18.0.